The highest BCUT2D eigenvalue weighted by molar-refractivity contribution is 6.06. The highest BCUT2D eigenvalue weighted by Gasteiger charge is 2.27. The van der Waals surface area contributed by atoms with E-state index >= 15 is 0 Å². The second-order valence-corrected chi connectivity index (χ2v) is 8.57. The standard InChI is InChI=1S/C24H26N4O3/c25-24(31)17-9-4-14(12-19(17)27-15-5-7-16(29)8-6-15)23-18-10-11-26-13-21(18)28-20(23)2-1-3-22(28)30/h4,9-13,15-16,27,29H,1-3,5-8H2,(H2,25,31). The molecular weight excluding hydrogens is 392 g/mol. The first-order chi connectivity index (χ1) is 15.0. The number of primary amides is 1. The average molecular weight is 418 g/mol. The first kappa shape index (κ1) is 19.8. The lowest BCUT2D eigenvalue weighted by atomic mass is 9.92. The number of hydrogen-bond donors (Lipinski definition) is 3. The van der Waals surface area contributed by atoms with Gasteiger partial charge >= 0.3 is 0 Å². The van der Waals surface area contributed by atoms with E-state index in [1.807, 2.05) is 18.2 Å². The van der Waals surface area contributed by atoms with Crippen LogP contribution in [0.2, 0.25) is 0 Å². The van der Waals surface area contributed by atoms with Gasteiger partial charge in [0.1, 0.15) is 0 Å². The van der Waals surface area contributed by atoms with E-state index in [9.17, 15) is 14.7 Å². The number of rotatable bonds is 4. The largest absolute Gasteiger partial charge is 0.393 e. The van der Waals surface area contributed by atoms with Crippen molar-refractivity contribution in [2.75, 3.05) is 5.32 Å². The van der Waals surface area contributed by atoms with E-state index in [1.165, 1.54) is 0 Å². The molecule has 4 N–H and O–H groups in total. The molecule has 160 valence electrons. The van der Waals surface area contributed by atoms with Gasteiger partial charge in [0.2, 0.25) is 5.91 Å². The summed E-state index contributed by atoms with van der Waals surface area (Å²) >= 11 is 0. The van der Waals surface area contributed by atoms with Gasteiger partial charge in [-0.15, -0.1) is 0 Å². The molecule has 3 heterocycles. The number of aromatic nitrogens is 2. The molecule has 0 radical (unpaired) electrons. The van der Waals surface area contributed by atoms with Crippen molar-refractivity contribution in [2.24, 2.45) is 5.73 Å². The van der Waals surface area contributed by atoms with E-state index in [1.54, 1.807) is 23.0 Å². The summed E-state index contributed by atoms with van der Waals surface area (Å²) in [5, 5.41) is 14.3. The maximum atomic E-state index is 12.7. The van der Waals surface area contributed by atoms with Crippen LogP contribution < -0.4 is 11.1 Å². The predicted octanol–water partition coefficient (Wildman–Crippen LogP) is 3.49. The number of anilines is 1. The van der Waals surface area contributed by atoms with E-state index in [-0.39, 0.29) is 18.1 Å². The van der Waals surface area contributed by atoms with Gasteiger partial charge in [0.15, 0.2) is 0 Å². The van der Waals surface area contributed by atoms with Crippen LogP contribution in [-0.2, 0) is 6.42 Å². The van der Waals surface area contributed by atoms with Gasteiger partial charge in [0, 0.05) is 41.0 Å². The van der Waals surface area contributed by atoms with E-state index in [0.717, 1.165) is 66.2 Å². The number of fused-ring (bicyclic) bond motifs is 3. The van der Waals surface area contributed by atoms with Gasteiger partial charge < -0.3 is 16.2 Å². The second kappa shape index (κ2) is 7.81. The SMILES string of the molecule is NC(=O)c1ccc(-c2c3n(c4cnccc24)C(=O)CCC3)cc1NC1CCC(O)CC1. The zero-order valence-electron chi connectivity index (χ0n) is 17.3. The number of benzene rings is 1. The number of nitrogens with zero attached hydrogens (tertiary/aromatic N) is 2. The molecule has 5 rings (SSSR count). The van der Waals surface area contributed by atoms with Crippen LogP contribution in [0.3, 0.4) is 0 Å². The smallest absolute Gasteiger partial charge is 0.250 e. The topological polar surface area (TPSA) is 110 Å². The molecule has 3 aromatic rings. The molecular formula is C24H26N4O3. The van der Waals surface area contributed by atoms with Gasteiger partial charge in [-0.25, -0.2) is 0 Å². The molecule has 0 bridgehead atoms. The van der Waals surface area contributed by atoms with Crippen LogP contribution in [0, 0.1) is 0 Å². The minimum Gasteiger partial charge on any atom is -0.393 e. The first-order valence-corrected chi connectivity index (χ1v) is 10.9. The fourth-order valence-corrected chi connectivity index (χ4v) is 5.03. The summed E-state index contributed by atoms with van der Waals surface area (Å²) in [6.45, 7) is 0. The Labute approximate surface area is 180 Å². The van der Waals surface area contributed by atoms with Crippen LogP contribution in [-0.4, -0.2) is 38.6 Å². The van der Waals surface area contributed by atoms with Gasteiger partial charge in [-0.3, -0.25) is 19.1 Å². The van der Waals surface area contributed by atoms with Crippen LogP contribution in [0.5, 0.6) is 0 Å². The molecule has 2 aromatic heterocycles. The van der Waals surface area contributed by atoms with Crippen molar-refractivity contribution in [1.82, 2.24) is 9.55 Å². The Morgan fingerprint density at radius 1 is 1.16 bits per heavy atom. The van der Waals surface area contributed by atoms with Crippen LogP contribution in [0.25, 0.3) is 22.0 Å². The lowest BCUT2D eigenvalue weighted by Gasteiger charge is -2.28. The molecule has 31 heavy (non-hydrogen) atoms. The van der Waals surface area contributed by atoms with E-state index in [2.05, 4.69) is 10.3 Å². The number of hydrogen-bond acceptors (Lipinski definition) is 5. The molecule has 7 heteroatoms. The Bertz CT molecular complexity index is 1180. The Morgan fingerprint density at radius 3 is 2.74 bits per heavy atom. The lowest BCUT2D eigenvalue weighted by Crippen LogP contribution is -2.29. The Balaban J connectivity index is 1.62. The predicted molar refractivity (Wildman–Crippen MR) is 119 cm³/mol. The third-order valence-electron chi connectivity index (χ3n) is 6.55. The molecule has 1 aliphatic carbocycles. The number of pyridine rings is 1. The summed E-state index contributed by atoms with van der Waals surface area (Å²) in [5.74, 6) is -0.383. The molecule has 1 aromatic carbocycles. The van der Waals surface area contributed by atoms with Crippen molar-refractivity contribution >= 4 is 28.4 Å². The summed E-state index contributed by atoms with van der Waals surface area (Å²) in [7, 11) is 0. The first-order valence-electron chi connectivity index (χ1n) is 10.9. The third kappa shape index (κ3) is 3.49. The Morgan fingerprint density at radius 2 is 1.97 bits per heavy atom. The van der Waals surface area contributed by atoms with Gasteiger partial charge in [0.25, 0.3) is 5.91 Å². The second-order valence-electron chi connectivity index (χ2n) is 8.57. The summed E-state index contributed by atoms with van der Waals surface area (Å²) in [4.78, 5) is 29.0. The van der Waals surface area contributed by atoms with Crippen molar-refractivity contribution < 1.29 is 14.7 Å². The summed E-state index contributed by atoms with van der Waals surface area (Å²) in [6, 6.07) is 7.77. The molecule has 1 saturated carbocycles. The maximum absolute atomic E-state index is 12.7. The van der Waals surface area contributed by atoms with E-state index in [4.69, 9.17) is 5.73 Å². The van der Waals surface area contributed by atoms with Crippen molar-refractivity contribution in [1.29, 1.82) is 0 Å². The highest BCUT2D eigenvalue weighted by Crippen LogP contribution is 2.39. The minimum atomic E-state index is -0.479. The Hall–Kier alpha value is -3.19. The number of aliphatic hydroxyl groups is 1. The zero-order valence-corrected chi connectivity index (χ0v) is 17.3. The van der Waals surface area contributed by atoms with Gasteiger partial charge in [-0.1, -0.05) is 6.07 Å². The number of nitrogens with one attached hydrogen (secondary N) is 1. The van der Waals surface area contributed by atoms with Crippen molar-refractivity contribution in [3.8, 4) is 11.1 Å². The molecule has 2 aliphatic rings. The van der Waals surface area contributed by atoms with Crippen molar-refractivity contribution in [3.05, 3.63) is 47.9 Å². The molecule has 0 atom stereocenters. The van der Waals surface area contributed by atoms with Gasteiger partial charge in [0.05, 0.1) is 23.4 Å². The highest BCUT2D eigenvalue weighted by atomic mass is 16.3. The van der Waals surface area contributed by atoms with Crippen molar-refractivity contribution in [3.63, 3.8) is 0 Å². The molecule has 1 aliphatic heterocycles. The molecule has 1 fully saturated rings. The zero-order chi connectivity index (χ0) is 21.5. The summed E-state index contributed by atoms with van der Waals surface area (Å²) < 4.78 is 1.80. The van der Waals surface area contributed by atoms with Crippen molar-refractivity contribution in [2.45, 2.75) is 57.1 Å². The summed E-state index contributed by atoms with van der Waals surface area (Å²) in [5.41, 5.74) is 10.6. The fraction of sp³-hybridized carbons (Fsp3) is 0.375. The maximum Gasteiger partial charge on any atom is 0.250 e. The van der Waals surface area contributed by atoms with Crippen LogP contribution >= 0.6 is 0 Å². The normalized spacial score (nSPS) is 21.1. The molecule has 0 saturated heterocycles. The molecule has 1 amide bonds. The van der Waals surface area contributed by atoms with E-state index in [0.29, 0.717) is 17.7 Å². The average Bonchev–Trinajstić information content (AvgIpc) is 3.11. The quantitative estimate of drug-likeness (QED) is 0.601. The lowest BCUT2D eigenvalue weighted by molar-refractivity contribution is 0.0889. The minimum absolute atomic E-state index is 0.0957. The summed E-state index contributed by atoms with van der Waals surface area (Å²) in [6.07, 6.45) is 8.59. The van der Waals surface area contributed by atoms with Crippen LogP contribution in [0.15, 0.2) is 36.7 Å². The van der Waals surface area contributed by atoms with E-state index < -0.39 is 5.91 Å². The Kier molecular flexibility index (Phi) is 4.98. The van der Waals surface area contributed by atoms with Crippen LogP contribution in [0.1, 0.15) is 59.4 Å². The van der Waals surface area contributed by atoms with Gasteiger partial charge in [-0.2, -0.15) is 0 Å². The third-order valence-corrected chi connectivity index (χ3v) is 6.55. The fourth-order valence-electron chi connectivity index (χ4n) is 5.03. The molecule has 0 spiro atoms. The number of carbonyl (C=O) groups is 2. The van der Waals surface area contributed by atoms with Gasteiger partial charge in [-0.05, 0) is 62.3 Å². The number of carbonyl (C=O) groups excluding carboxylic acids is 2. The molecule has 0 unspecified atom stereocenters. The number of aliphatic hydroxyl groups excluding tert-OH is 1. The monoisotopic (exact) mass is 418 g/mol. The van der Waals surface area contributed by atoms with Crippen LogP contribution in [0.4, 0.5) is 5.69 Å². The molecule has 7 nitrogen and oxygen atoms in total. The number of amides is 1. The number of nitrogens with two attached hydrogens (primary N) is 1.